The molecule has 2 aromatic rings. The van der Waals surface area contributed by atoms with Crippen LogP contribution in [0, 0.1) is 0 Å². The predicted molar refractivity (Wildman–Crippen MR) is 88.7 cm³/mol. The number of hydrogen-bond donors (Lipinski definition) is 0. The number of hydrogen-bond acceptors (Lipinski definition) is 3. The quantitative estimate of drug-likeness (QED) is 0.822. The Morgan fingerprint density at radius 1 is 1.05 bits per heavy atom. The second-order valence-corrected chi connectivity index (χ2v) is 5.74. The van der Waals surface area contributed by atoms with Crippen molar-refractivity contribution in [3.63, 3.8) is 0 Å². The minimum absolute atomic E-state index is 0.0429. The van der Waals surface area contributed by atoms with Gasteiger partial charge in [0.2, 0.25) is 0 Å². The molecule has 0 aliphatic rings. The monoisotopic (exact) mass is 297 g/mol. The lowest BCUT2D eigenvalue weighted by atomic mass is 10.1. The molecule has 2 rings (SSSR count). The summed E-state index contributed by atoms with van der Waals surface area (Å²) in [5.41, 5.74) is 3.19. The number of carbonyl (C=O) groups excluding carboxylic acids is 1. The Morgan fingerprint density at radius 2 is 1.77 bits per heavy atom. The summed E-state index contributed by atoms with van der Waals surface area (Å²) in [6, 6.07) is 11.9. The fourth-order valence-corrected chi connectivity index (χ4v) is 2.32. The average molecular weight is 297 g/mol. The fourth-order valence-electron chi connectivity index (χ4n) is 2.32. The molecule has 1 heterocycles. The van der Waals surface area contributed by atoms with E-state index in [1.54, 1.807) is 19.0 Å². The van der Waals surface area contributed by atoms with Gasteiger partial charge in [-0.15, -0.1) is 0 Å². The van der Waals surface area contributed by atoms with Crippen LogP contribution >= 0.6 is 0 Å². The van der Waals surface area contributed by atoms with Crippen LogP contribution in [0.3, 0.4) is 0 Å². The Morgan fingerprint density at radius 3 is 2.45 bits per heavy atom. The van der Waals surface area contributed by atoms with Crippen molar-refractivity contribution in [1.29, 1.82) is 0 Å². The Hall–Kier alpha value is -2.20. The van der Waals surface area contributed by atoms with Gasteiger partial charge < -0.3 is 9.80 Å². The zero-order valence-corrected chi connectivity index (χ0v) is 13.5. The van der Waals surface area contributed by atoms with Crippen LogP contribution in [0.2, 0.25) is 0 Å². The zero-order valence-electron chi connectivity index (χ0n) is 13.5. The van der Waals surface area contributed by atoms with Gasteiger partial charge in [0, 0.05) is 45.1 Å². The Kier molecular flexibility index (Phi) is 5.67. The molecule has 0 aliphatic carbocycles. The van der Waals surface area contributed by atoms with Crippen molar-refractivity contribution >= 4 is 5.91 Å². The van der Waals surface area contributed by atoms with E-state index in [-0.39, 0.29) is 5.91 Å². The number of pyridine rings is 1. The maximum Gasteiger partial charge on any atom is 0.253 e. The number of rotatable bonds is 6. The summed E-state index contributed by atoms with van der Waals surface area (Å²) in [4.78, 5) is 19.9. The van der Waals surface area contributed by atoms with E-state index in [4.69, 9.17) is 0 Å². The zero-order chi connectivity index (χ0) is 15.9. The first-order valence-corrected chi connectivity index (χ1v) is 7.44. The van der Waals surface area contributed by atoms with Crippen LogP contribution < -0.4 is 0 Å². The third-order valence-electron chi connectivity index (χ3n) is 3.56. The summed E-state index contributed by atoms with van der Waals surface area (Å²) < 4.78 is 0. The topological polar surface area (TPSA) is 36.4 Å². The smallest absolute Gasteiger partial charge is 0.253 e. The maximum atomic E-state index is 12.0. The van der Waals surface area contributed by atoms with Gasteiger partial charge in [-0.2, -0.15) is 0 Å². The molecule has 0 spiro atoms. The van der Waals surface area contributed by atoms with Gasteiger partial charge in [-0.05, 0) is 48.9 Å². The first-order chi connectivity index (χ1) is 10.6. The van der Waals surface area contributed by atoms with E-state index >= 15 is 0 Å². The summed E-state index contributed by atoms with van der Waals surface area (Å²) in [7, 11) is 5.65. The summed E-state index contributed by atoms with van der Waals surface area (Å²) >= 11 is 0. The number of nitrogens with zero attached hydrogens (tertiary/aromatic N) is 3. The summed E-state index contributed by atoms with van der Waals surface area (Å²) in [5.74, 6) is 0.0429. The molecule has 0 bridgehead atoms. The van der Waals surface area contributed by atoms with Gasteiger partial charge in [0.25, 0.3) is 5.91 Å². The molecule has 4 heteroatoms. The minimum Gasteiger partial charge on any atom is -0.345 e. The van der Waals surface area contributed by atoms with E-state index in [1.807, 2.05) is 42.7 Å². The molecule has 0 N–H and O–H groups in total. The van der Waals surface area contributed by atoms with Gasteiger partial charge in [-0.1, -0.05) is 12.1 Å². The molecule has 0 aliphatic heterocycles. The van der Waals surface area contributed by atoms with Crippen LogP contribution in [0.4, 0.5) is 0 Å². The SMILES string of the molecule is CN(CCc1ccncc1)Cc1cccc(C(=O)N(C)C)c1. The molecule has 1 amide bonds. The highest BCUT2D eigenvalue weighted by atomic mass is 16.2. The molecule has 0 saturated heterocycles. The molecular weight excluding hydrogens is 274 g/mol. The summed E-state index contributed by atoms with van der Waals surface area (Å²) in [6.07, 6.45) is 4.65. The third kappa shape index (κ3) is 4.67. The van der Waals surface area contributed by atoms with Crippen molar-refractivity contribution in [2.75, 3.05) is 27.7 Å². The minimum atomic E-state index is 0.0429. The van der Waals surface area contributed by atoms with Crippen molar-refractivity contribution < 1.29 is 4.79 Å². The Labute approximate surface area is 132 Å². The lowest BCUT2D eigenvalue weighted by Crippen LogP contribution is -2.23. The highest BCUT2D eigenvalue weighted by Crippen LogP contribution is 2.10. The lowest BCUT2D eigenvalue weighted by molar-refractivity contribution is 0.0827. The van der Waals surface area contributed by atoms with E-state index in [0.717, 1.165) is 30.6 Å². The van der Waals surface area contributed by atoms with Gasteiger partial charge in [-0.3, -0.25) is 9.78 Å². The van der Waals surface area contributed by atoms with E-state index in [0.29, 0.717) is 0 Å². The summed E-state index contributed by atoms with van der Waals surface area (Å²) in [5, 5.41) is 0. The highest BCUT2D eigenvalue weighted by Gasteiger charge is 2.09. The second kappa shape index (κ2) is 7.71. The molecule has 1 aromatic carbocycles. The van der Waals surface area contributed by atoms with Crippen LogP contribution in [-0.2, 0) is 13.0 Å². The van der Waals surface area contributed by atoms with E-state index in [1.165, 1.54) is 5.56 Å². The predicted octanol–water partition coefficient (Wildman–Crippen LogP) is 2.46. The molecule has 116 valence electrons. The van der Waals surface area contributed by atoms with Crippen LogP contribution in [-0.4, -0.2) is 48.4 Å². The van der Waals surface area contributed by atoms with Crippen molar-refractivity contribution in [3.8, 4) is 0 Å². The molecule has 0 fully saturated rings. The van der Waals surface area contributed by atoms with Crippen LogP contribution in [0.15, 0.2) is 48.8 Å². The molecule has 1 aromatic heterocycles. The van der Waals surface area contributed by atoms with Crippen molar-refractivity contribution in [2.45, 2.75) is 13.0 Å². The first kappa shape index (κ1) is 16.2. The lowest BCUT2D eigenvalue weighted by Gasteiger charge is -2.17. The molecule has 0 radical (unpaired) electrons. The summed E-state index contributed by atoms with van der Waals surface area (Å²) in [6.45, 7) is 1.80. The highest BCUT2D eigenvalue weighted by molar-refractivity contribution is 5.94. The Balaban J connectivity index is 1.92. The third-order valence-corrected chi connectivity index (χ3v) is 3.56. The number of aromatic nitrogens is 1. The van der Waals surface area contributed by atoms with Gasteiger partial charge >= 0.3 is 0 Å². The van der Waals surface area contributed by atoms with Gasteiger partial charge in [0.15, 0.2) is 0 Å². The normalized spacial score (nSPS) is 10.7. The van der Waals surface area contributed by atoms with Crippen LogP contribution in [0.1, 0.15) is 21.5 Å². The average Bonchev–Trinajstić information content (AvgIpc) is 2.53. The Bertz CT molecular complexity index is 611. The fraction of sp³-hybridized carbons (Fsp3) is 0.333. The van der Waals surface area contributed by atoms with Crippen molar-refractivity contribution in [3.05, 3.63) is 65.5 Å². The van der Waals surface area contributed by atoms with E-state index < -0.39 is 0 Å². The van der Waals surface area contributed by atoms with Gasteiger partial charge in [-0.25, -0.2) is 0 Å². The van der Waals surface area contributed by atoms with Crippen LogP contribution in [0.5, 0.6) is 0 Å². The molecular formula is C18H23N3O. The molecule has 22 heavy (non-hydrogen) atoms. The maximum absolute atomic E-state index is 12.0. The van der Waals surface area contributed by atoms with Crippen LogP contribution in [0.25, 0.3) is 0 Å². The standard InChI is InChI=1S/C18H23N3O/c1-20(2)18(22)17-6-4-5-16(13-17)14-21(3)12-9-15-7-10-19-11-8-15/h4-8,10-11,13H,9,12,14H2,1-3H3. The number of benzene rings is 1. The second-order valence-electron chi connectivity index (χ2n) is 5.74. The van der Waals surface area contributed by atoms with Crippen molar-refractivity contribution in [2.24, 2.45) is 0 Å². The first-order valence-electron chi connectivity index (χ1n) is 7.44. The van der Waals surface area contributed by atoms with E-state index in [9.17, 15) is 4.79 Å². The molecule has 0 saturated carbocycles. The number of amides is 1. The number of likely N-dealkylation sites (N-methyl/N-ethyl adjacent to an activating group) is 1. The van der Waals surface area contributed by atoms with Gasteiger partial charge in [0.05, 0.1) is 0 Å². The van der Waals surface area contributed by atoms with Crippen molar-refractivity contribution in [1.82, 2.24) is 14.8 Å². The molecule has 0 unspecified atom stereocenters. The number of carbonyl (C=O) groups is 1. The largest absolute Gasteiger partial charge is 0.345 e. The van der Waals surface area contributed by atoms with Gasteiger partial charge in [0.1, 0.15) is 0 Å². The van der Waals surface area contributed by atoms with E-state index in [2.05, 4.69) is 23.0 Å². The molecule has 4 nitrogen and oxygen atoms in total. The molecule has 0 atom stereocenters.